The van der Waals surface area contributed by atoms with Gasteiger partial charge < -0.3 is 20.3 Å². The standard InChI is InChI=1S/C9H11NO4/c1-13-7-3-5(9(11)12)6(10)4-8(7)14-2/h3-4H,10H2,1-2H3,(H,11,12)/i1D3,2D3. The summed E-state index contributed by atoms with van der Waals surface area (Å²) in [6.07, 6.45) is 0. The molecule has 0 atom stereocenters. The number of anilines is 1. The maximum Gasteiger partial charge on any atom is 0.337 e. The lowest BCUT2D eigenvalue weighted by Crippen LogP contribution is -2.04. The second-order valence-electron chi connectivity index (χ2n) is 2.40. The van der Waals surface area contributed by atoms with Crippen molar-refractivity contribution >= 4 is 11.7 Å². The molecule has 0 aromatic heterocycles. The van der Waals surface area contributed by atoms with Crippen molar-refractivity contribution in [1.29, 1.82) is 0 Å². The number of hydrogen-bond donors (Lipinski definition) is 2. The van der Waals surface area contributed by atoms with Crippen LogP contribution in [0.2, 0.25) is 0 Å². The second-order valence-corrected chi connectivity index (χ2v) is 2.40. The van der Waals surface area contributed by atoms with Crippen LogP contribution in [0, 0.1) is 0 Å². The summed E-state index contributed by atoms with van der Waals surface area (Å²) in [6, 6.07) is 1.68. The van der Waals surface area contributed by atoms with E-state index >= 15 is 0 Å². The van der Waals surface area contributed by atoms with E-state index in [4.69, 9.17) is 19.1 Å². The molecule has 0 heterocycles. The van der Waals surface area contributed by atoms with E-state index in [1.54, 1.807) is 0 Å². The zero-order valence-electron chi connectivity index (χ0n) is 12.9. The van der Waals surface area contributed by atoms with Crippen molar-refractivity contribution in [3.8, 4) is 11.5 Å². The summed E-state index contributed by atoms with van der Waals surface area (Å²) >= 11 is 0. The Balaban J connectivity index is 3.33. The van der Waals surface area contributed by atoms with Gasteiger partial charge in [0.1, 0.15) is 0 Å². The molecule has 0 bridgehead atoms. The fourth-order valence-corrected chi connectivity index (χ4v) is 0.920. The van der Waals surface area contributed by atoms with E-state index in [1.807, 2.05) is 0 Å². The number of carboxylic acid groups (broad SMARTS) is 1. The van der Waals surface area contributed by atoms with Gasteiger partial charge in [-0.2, -0.15) is 0 Å². The fourth-order valence-electron chi connectivity index (χ4n) is 0.920. The molecular formula is C9H11NO4. The van der Waals surface area contributed by atoms with Gasteiger partial charge in [-0.1, -0.05) is 0 Å². The summed E-state index contributed by atoms with van der Waals surface area (Å²) in [5.41, 5.74) is 4.72. The van der Waals surface area contributed by atoms with Crippen molar-refractivity contribution in [3.63, 3.8) is 0 Å². The monoisotopic (exact) mass is 203 g/mol. The van der Waals surface area contributed by atoms with Gasteiger partial charge in [-0.15, -0.1) is 0 Å². The first kappa shape index (κ1) is 4.54. The van der Waals surface area contributed by atoms with Gasteiger partial charge >= 0.3 is 5.97 Å². The number of aromatic carboxylic acids is 1. The second kappa shape index (κ2) is 3.87. The average molecular weight is 203 g/mol. The molecule has 5 heteroatoms. The summed E-state index contributed by atoms with van der Waals surface area (Å²) in [5, 5.41) is 8.88. The Morgan fingerprint density at radius 1 is 1.43 bits per heavy atom. The predicted octanol–water partition coefficient (Wildman–Crippen LogP) is 0.984. The molecule has 0 saturated heterocycles. The number of hydrogen-bond acceptors (Lipinski definition) is 4. The molecule has 3 N–H and O–H groups in total. The van der Waals surface area contributed by atoms with Crippen LogP contribution in [-0.2, 0) is 0 Å². The molecule has 14 heavy (non-hydrogen) atoms. The maximum atomic E-state index is 10.9. The third-order valence-electron chi connectivity index (χ3n) is 1.57. The van der Waals surface area contributed by atoms with Gasteiger partial charge in [0, 0.05) is 12.1 Å². The molecule has 5 nitrogen and oxygen atoms in total. The van der Waals surface area contributed by atoms with Crippen molar-refractivity contribution in [3.05, 3.63) is 17.7 Å². The van der Waals surface area contributed by atoms with E-state index in [1.165, 1.54) is 0 Å². The molecule has 1 aromatic carbocycles. The normalized spacial score (nSPS) is 17.7. The quantitative estimate of drug-likeness (QED) is 0.716. The van der Waals surface area contributed by atoms with Crippen LogP contribution in [-0.4, -0.2) is 25.2 Å². The number of carboxylic acids is 1. The summed E-state index contributed by atoms with van der Waals surface area (Å²) in [7, 11) is -5.78. The van der Waals surface area contributed by atoms with Gasteiger partial charge in [0.05, 0.1) is 33.6 Å². The highest BCUT2D eigenvalue weighted by Gasteiger charge is 2.13. The van der Waals surface area contributed by atoms with Crippen LogP contribution in [0.25, 0.3) is 0 Å². The number of carbonyl (C=O) groups is 1. The van der Waals surface area contributed by atoms with E-state index in [0.29, 0.717) is 0 Å². The van der Waals surface area contributed by atoms with Crippen molar-refractivity contribution in [2.75, 3.05) is 19.8 Å². The summed E-state index contributed by atoms with van der Waals surface area (Å²) in [4.78, 5) is 10.9. The highest BCUT2D eigenvalue weighted by molar-refractivity contribution is 5.94. The zero-order valence-corrected chi connectivity index (χ0v) is 6.90. The highest BCUT2D eigenvalue weighted by atomic mass is 16.5. The Morgan fingerprint density at radius 2 is 2.00 bits per heavy atom. The first-order valence-electron chi connectivity index (χ1n) is 6.44. The Kier molecular flexibility index (Phi) is 1.25. The Morgan fingerprint density at radius 3 is 2.50 bits per heavy atom. The molecule has 1 aromatic rings. The van der Waals surface area contributed by atoms with Crippen molar-refractivity contribution in [2.24, 2.45) is 0 Å². The van der Waals surface area contributed by atoms with Crippen LogP contribution in [0.3, 0.4) is 0 Å². The van der Waals surface area contributed by atoms with Crippen LogP contribution in [0.1, 0.15) is 18.6 Å². The third-order valence-corrected chi connectivity index (χ3v) is 1.57. The average Bonchev–Trinajstić information content (AvgIpc) is 2.17. The summed E-state index contributed by atoms with van der Waals surface area (Å²) < 4.78 is 50.9. The van der Waals surface area contributed by atoms with Crippen molar-refractivity contribution < 1.29 is 27.6 Å². The van der Waals surface area contributed by atoms with Crippen LogP contribution < -0.4 is 15.2 Å². The number of rotatable bonds is 3. The molecular weight excluding hydrogens is 186 g/mol. The summed E-state index contributed by atoms with van der Waals surface area (Å²) in [5.74, 6) is -2.45. The molecule has 0 spiro atoms. The van der Waals surface area contributed by atoms with Crippen LogP contribution in [0.15, 0.2) is 12.1 Å². The number of benzene rings is 1. The lowest BCUT2D eigenvalue weighted by atomic mass is 10.1. The first-order chi connectivity index (χ1) is 8.89. The first-order valence-corrected chi connectivity index (χ1v) is 3.44. The van der Waals surface area contributed by atoms with Gasteiger partial charge in [-0.3, -0.25) is 0 Å². The molecule has 0 amide bonds. The number of methoxy groups -OCH3 is 2. The van der Waals surface area contributed by atoms with E-state index in [9.17, 15) is 4.79 Å². The van der Waals surface area contributed by atoms with Gasteiger partial charge in [0.15, 0.2) is 11.5 Å². The van der Waals surface area contributed by atoms with Gasteiger partial charge in [-0.05, 0) is 0 Å². The summed E-state index contributed by atoms with van der Waals surface area (Å²) in [6.45, 7) is 0. The molecule has 76 valence electrons. The molecule has 0 saturated carbocycles. The minimum absolute atomic E-state index is 0.283. The number of nitrogen functional groups attached to an aromatic ring is 1. The molecule has 0 unspecified atom stereocenters. The zero-order chi connectivity index (χ0) is 15.7. The minimum Gasteiger partial charge on any atom is -0.493 e. The Hall–Kier alpha value is -1.91. The number of nitrogens with two attached hydrogens (primary N) is 1. The molecule has 0 fully saturated rings. The fraction of sp³-hybridized carbons (Fsp3) is 0.222. The van der Waals surface area contributed by atoms with Gasteiger partial charge in [-0.25, -0.2) is 4.79 Å². The third kappa shape index (κ3) is 1.71. The topological polar surface area (TPSA) is 81.8 Å². The molecule has 0 aliphatic rings. The van der Waals surface area contributed by atoms with Crippen LogP contribution in [0.5, 0.6) is 11.5 Å². The maximum absolute atomic E-state index is 10.9. The van der Waals surface area contributed by atoms with Crippen molar-refractivity contribution in [1.82, 2.24) is 0 Å². The van der Waals surface area contributed by atoms with E-state index < -0.39 is 37.1 Å². The van der Waals surface area contributed by atoms with Crippen LogP contribution in [0.4, 0.5) is 5.69 Å². The Bertz CT molecular complexity index is 524. The largest absolute Gasteiger partial charge is 0.493 e. The molecule has 0 radical (unpaired) electrons. The van der Waals surface area contributed by atoms with Crippen LogP contribution >= 0.6 is 0 Å². The molecule has 1 rings (SSSR count). The van der Waals surface area contributed by atoms with E-state index in [0.717, 1.165) is 12.1 Å². The highest BCUT2D eigenvalue weighted by Crippen LogP contribution is 2.31. The predicted molar refractivity (Wildman–Crippen MR) is 50.9 cm³/mol. The molecule has 0 aliphatic carbocycles. The van der Waals surface area contributed by atoms with E-state index in [-0.39, 0.29) is 5.69 Å². The smallest absolute Gasteiger partial charge is 0.337 e. The molecule has 0 aliphatic heterocycles. The lowest BCUT2D eigenvalue weighted by Gasteiger charge is -2.09. The number of ether oxygens (including phenoxy) is 2. The Labute approximate surface area is 89.5 Å². The van der Waals surface area contributed by atoms with Gasteiger partial charge in [0.2, 0.25) is 0 Å². The van der Waals surface area contributed by atoms with E-state index in [2.05, 4.69) is 9.47 Å². The van der Waals surface area contributed by atoms with Gasteiger partial charge in [0.25, 0.3) is 0 Å². The van der Waals surface area contributed by atoms with Crippen molar-refractivity contribution in [2.45, 2.75) is 0 Å². The lowest BCUT2D eigenvalue weighted by molar-refractivity contribution is 0.0697. The SMILES string of the molecule is [2H]C([2H])([2H])Oc1cc(N)c(C(=O)O)cc1OC([2H])([2H])[2H]. The minimum atomic E-state index is -2.90.